The minimum atomic E-state index is -2.26. The standard InChI is InChI=1S/C10H19N2O.3C4H9.Sn/c1-4-11-9(2)12-7-5-6-10(12)8-13-3;3*1-3-4-2;/h4,10H,5-8H2,1-3H3;3*1,3-4H2,2H3;/b11-9+;;;;/t10-;;;;/m0..../s1. The van der Waals surface area contributed by atoms with Crippen molar-refractivity contribution in [1.29, 1.82) is 0 Å². The third kappa shape index (κ3) is 7.33. The van der Waals surface area contributed by atoms with Gasteiger partial charge in [-0.2, -0.15) is 0 Å². The first-order chi connectivity index (χ1) is 12.5. The number of ether oxygens (including phenoxy) is 1. The number of methoxy groups -OCH3 is 1. The van der Waals surface area contributed by atoms with Gasteiger partial charge >= 0.3 is 168 Å². The molecule has 154 valence electrons. The predicted octanol–water partition coefficient (Wildman–Crippen LogP) is 6.29. The number of aliphatic imine (C=N–C) groups is 1. The maximum atomic E-state index is 5.45. The molecule has 0 spiro atoms. The second-order valence-corrected chi connectivity index (χ2v) is 22.9. The van der Waals surface area contributed by atoms with Crippen LogP contribution in [0, 0.1) is 0 Å². The van der Waals surface area contributed by atoms with Crippen LogP contribution in [0.2, 0.25) is 13.3 Å². The molecule has 4 heteroatoms. The molecule has 1 saturated heterocycles. The minimum absolute atomic E-state index is 0.544. The Kier molecular flexibility index (Phi) is 12.5. The van der Waals surface area contributed by atoms with Crippen LogP contribution in [0.25, 0.3) is 0 Å². The summed E-state index contributed by atoms with van der Waals surface area (Å²) in [6.07, 6.45) is 10.8. The maximum absolute atomic E-state index is 5.45. The van der Waals surface area contributed by atoms with Gasteiger partial charge in [0.25, 0.3) is 0 Å². The number of unbranched alkanes of at least 4 members (excludes halogenated alkanes) is 3. The van der Waals surface area contributed by atoms with Crippen LogP contribution in [0.3, 0.4) is 0 Å². The van der Waals surface area contributed by atoms with Crippen molar-refractivity contribution >= 4 is 24.2 Å². The van der Waals surface area contributed by atoms with Crippen molar-refractivity contribution in [2.45, 2.75) is 109 Å². The molecule has 1 aliphatic heterocycles. The number of likely N-dealkylation sites (tertiary alicyclic amines) is 1. The van der Waals surface area contributed by atoms with Crippen LogP contribution in [0.1, 0.15) is 86.0 Å². The fraction of sp³-hybridized carbons (Fsp3) is 0.955. The molecule has 0 aromatic carbocycles. The molecule has 0 aromatic rings. The summed E-state index contributed by atoms with van der Waals surface area (Å²) in [4.78, 5) is 7.94. The molecule has 0 radical (unpaired) electrons. The summed E-state index contributed by atoms with van der Waals surface area (Å²) >= 11 is -2.26. The molecule has 1 fully saturated rings. The van der Waals surface area contributed by atoms with Gasteiger partial charge in [-0.25, -0.2) is 0 Å². The molecule has 1 aliphatic rings. The van der Waals surface area contributed by atoms with E-state index in [0.29, 0.717) is 10.1 Å². The van der Waals surface area contributed by atoms with Crippen molar-refractivity contribution in [1.82, 2.24) is 4.90 Å². The molecule has 0 aliphatic carbocycles. The van der Waals surface area contributed by atoms with E-state index in [2.05, 4.69) is 39.5 Å². The molecule has 1 unspecified atom stereocenters. The first-order valence-corrected chi connectivity index (χ1v) is 19.0. The number of hydrogen-bond donors (Lipinski definition) is 0. The van der Waals surface area contributed by atoms with Crippen molar-refractivity contribution in [3.8, 4) is 0 Å². The molecular formula is C22H46N2OSn. The van der Waals surface area contributed by atoms with Crippen molar-refractivity contribution in [3.63, 3.8) is 0 Å². The molecule has 0 saturated carbocycles. The summed E-state index contributed by atoms with van der Waals surface area (Å²) in [5, 5.41) is 0. The zero-order valence-corrected chi connectivity index (χ0v) is 21.5. The van der Waals surface area contributed by atoms with Crippen molar-refractivity contribution in [2.75, 3.05) is 20.3 Å². The summed E-state index contributed by atoms with van der Waals surface area (Å²) in [5.74, 6) is 1.29. The van der Waals surface area contributed by atoms with Gasteiger partial charge in [0, 0.05) is 0 Å². The average molecular weight is 473 g/mol. The van der Waals surface area contributed by atoms with E-state index in [1.807, 2.05) is 7.11 Å². The van der Waals surface area contributed by atoms with E-state index >= 15 is 0 Å². The Labute approximate surface area is 168 Å². The second-order valence-electron chi connectivity index (χ2n) is 8.47. The Hall–Kier alpha value is 0.229. The zero-order valence-electron chi connectivity index (χ0n) is 18.6. The van der Waals surface area contributed by atoms with E-state index in [4.69, 9.17) is 9.73 Å². The van der Waals surface area contributed by atoms with Gasteiger partial charge in [-0.3, -0.25) is 0 Å². The van der Waals surface area contributed by atoms with Crippen LogP contribution in [0.5, 0.6) is 0 Å². The number of hydrogen-bond acceptors (Lipinski definition) is 2. The molecule has 0 N–H and O–H groups in total. The Morgan fingerprint density at radius 1 is 1.08 bits per heavy atom. The van der Waals surface area contributed by atoms with Crippen LogP contribution in [0.15, 0.2) is 4.99 Å². The van der Waals surface area contributed by atoms with Gasteiger partial charge < -0.3 is 0 Å². The van der Waals surface area contributed by atoms with Crippen LogP contribution in [-0.2, 0) is 4.74 Å². The third-order valence-corrected chi connectivity index (χ3v) is 23.5. The van der Waals surface area contributed by atoms with Gasteiger partial charge in [0.2, 0.25) is 0 Å². The van der Waals surface area contributed by atoms with E-state index in [1.54, 1.807) is 13.3 Å². The second kappa shape index (κ2) is 13.4. The van der Waals surface area contributed by atoms with E-state index in [0.717, 1.165) is 13.2 Å². The molecule has 2 atom stereocenters. The van der Waals surface area contributed by atoms with Crippen LogP contribution >= 0.6 is 0 Å². The molecule has 1 rings (SSSR count). The Balaban J connectivity index is 2.97. The van der Waals surface area contributed by atoms with E-state index < -0.39 is 18.4 Å². The Morgan fingerprint density at radius 2 is 1.62 bits per heavy atom. The number of amidine groups is 1. The van der Waals surface area contributed by atoms with Crippen molar-refractivity contribution in [2.24, 2.45) is 4.99 Å². The first-order valence-electron chi connectivity index (χ1n) is 11.3. The molecule has 3 nitrogen and oxygen atoms in total. The van der Waals surface area contributed by atoms with Gasteiger partial charge in [-0.1, -0.05) is 0 Å². The van der Waals surface area contributed by atoms with E-state index in [-0.39, 0.29) is 0 Å². The number of nitrogens with zero attached hydrogens (tertiary/aromatic N) is 2. The normalized spacial score (nSPS) is 20.0. The Morgan fingerprint density at radius 3 is 2.08 bits per heavy atom. The molecule has 0 aromatic heterocycles. The van der Waals surface area contributed by atoms with Crippen LogP contribution < -0.4 is 0 Å². The monoisotopic (exact) mass is 474 g/mol. The van der Waals surface area contributed by atoms with Crippen molar-refractivity contribution < 1.29 is 4.74 Å². The fourth-order valence-corrected chi connectivity index (χ4v) is 20.8. The average Bonchev–Trinajstić information content (AvgIpc) is 3.10. The predicted molar refractivity (Wildman–Crippen MR) is 119 cm³/mol. The van der Waals surface area contributed by atoms with Crippen molar-refractivity contribution in [3.05, 3.63) is 0 Å². The summed E-state index contributed by atoms with van der Waals surface area (Å²) in [7, 11) is 1.83. The van der Waals surface area contributed by atoms with Gasteiger partial charge in [-0.05, 0) is 0 Å². The third-order valence-electron chi connectivity index (χ3n) is 6.50. The number of rotatable bonds is 13. The molecule has 0 bridgehead atoms. The summed E-state index contributed by atoms with van der Waals surface area (Å²) in [6.45, 7) is 13.8. The first kappa shape index (κ1) is 24.3. The Bertz CT molecular complexity index is 378. The summed E-state index contributed by atoms with van der Waals surface area (Å²) < 4.78 is 10.7. The SMILES string of the molecule is CCC[CH2][Sn]([CH2]CCC)([CH2]CCC)[CH](C)/N=C(\C)N1CCC[C@H]1COC. The fourth-order valence-electron chi connectivity index (χ4n) is 4.71. The molecule has 0 amide bonds. The van der Waals surface area contributed by atoms with Crippen LogP contribution in [-0.4, -0.2) is 59.5 Å². The van der Waals surface area contributed by atoms with Gasteiger partial charge in [0.15, 0.2) is 0 Å². The summed E-state index contributed by atoms with van der Waals surface area (Å²) in [5.41, 5.74) is 0. The van der Waals surface area contributed by atoms with Gasteiger partial charge in [-0.15, -0.1) is 0 Å². The van der Waals surface area contributed by atoms with E-state index in [9.17, 15) is 0 Å². The molecule has 26 heavy (non-hydrogen) atoms. The molecular weight excluding hydrogens is 427 g/mol. The van der Waals surface area contributed by atoms with Gasteiger partial charge in [0.1, 0.15) is 0 Å². The topological polar surface area (TPSA) is 24.8 Å². The van der Waals surface area contributed by atoms with Gasteiger partial charge in [0.05, 0.1) is 0 Å². The quantitative estimate of drug-likeness (QED) is 0.178. The summed E-state index contributed by atoms with van der Waals surface area (Å²) in [6, 6.07) is 0.544. The zero-order chi connectivity index (χ0) is 19.4. The van der Waals surface area contributed by atoms with E-state index in [1.165, 1.54) is 57.2 Å². The van der Waals surface area contributed by atoms with Crippen LogP contribution in [0.4, 0.5) is 0 Å². The molecule has 1 heterocycles.